The molecule has 1 aliphatic rings. The van der Waals surface area contributed by atoms with Gasteiger partial charge in [-0.05, 0) is 28.4 Å². The van der Waals surface area contributed by atoms with Gasteiger partial charge in [0.1, 0.15) is 0 Å². The molecule has 0 bridgehead atoms. The third-order valence-electron chi connectivity index (χ3n) is 3.72. The quantitative estimate of drug-likeness (QED) is 0.757. The van der Waals surface area contributed by atoms with Gasteiger partial charge in [-0.3, -0.25) is 0 Å². The zero-order chi connectivity index (χ0) is 14.8. The van der Waals surface area contributed by atoms with Crippen molar-refractivity contribution < 1.29 is 4.79 Å². The van der Waals surface area contributed by atoms with Crippen LogP contribution in [0.3, 0.4) is 0 Å². The maximum atomic E-state index is 12.1. The number of urea groups is 1. The zero-order valence-corrected chi connectivity index (χ0v) is 13.7. The van der Waals surface area contributed by atoms with E-state index in [9.17, 15) is 4.79 Å². The Morgan fingerprint density at radius 1 is 1.05 bits per heavy atom. The van der Waals surface area contributed by atoms with Gasteiger partial charge in [-0.15, -0.1) is 0 Å². The normalized spacial score (nSPS) is 18.5. The standard InChI is InChI=1S/C16H30N2O/c1-8-9-18-11-13(16(5,6)7)12(15(2,3)4)10-17-14(18)19/h8-11H2,1-7H3,(H,17,19). The van der Waals surface area contributed by atoms with E-state index < -0.39 is 0 Å². The molecule has 0 aromatic heterocycles. The second kappa shape index (κ2) is 5.56. The van der Waals surface area contributed by atoms with Crippen LogP contribution >= 0.6 is 0 Å². The van der Waals surface area contributed by atoms with Gasteiger partial charge in [-0.1, -0.05) is 48.5 Å². The second-order valence-electron chi connectivity index (χ2n) is 7.54. The highest BCUT2D eigenvalue weighted by Crippen LogP contribution is 2.37. The molecule has 19 heavy (non-hydrogen) atoms. The molecule has 2 amide bonds. The van der Waals surface area contributed by atoms with Gasteiger partial charge in [0.25, 0.3) is 0 Å². The Morgan fingerprint density at radius 3 is 2.00 bits per heavy atom. The molecule has 0 radical (unpaired) electrons. The van der Waals surface area contributed by atoms with Gasteiger partial charge in [-0.25, -0.2) is 4.79 Å². The third kappa shape index (κ3) is 3.99. The highest BCUT2D eigenvalue weighted by molar-refractivity contribution is 5.75. The number of carbonyl (C=O) groups excluding carboxylic acids is 1. The van der Waals surface area contributed by atoms with Crippen molar-refractivity contribution in [3.05, 3.63) is 11.1 Å². The number of nitrogens with one attached hydrogen (secondary N) is 1. The fraction of sp³-hybridized carbons (Fsp3) is 0.812. The molecule has 110 valence electrons. The van der Waals surface area contributed by atoms with E-state index in [4.69, 9.17) is 0 Å². The van der Waals surface area contributed by atoms with Gasteiger partial charge in [0.2, 0.25) is 0 Å². The van der Waals surface area contributed by atoms with Gasteiger partial charge in [0.05, 0.1) is 0 Å². The van der Waals surface area contributed by atoms with Crippen LogP contribution < -0.4 is 5.32 Å². The summed E-state index contributed by atoms with van der Waals surface area (Å²) in [6.07, 6.45) is 0.996. The number of carbonyl (C=O) groups is 1. The van der Waals surface area contributed by atoms with Crippen LogP contribution in [-0.4, -0.2) is 30.6 Å². The molecule has 0 spiro atoms. The summed E-state index contributed by atoms with van der Waals surface area (Å²) in [5.41, 5.74) is 2.98. The minimum absolute atomic E-state index is 0.0721. The van der Waals surface area contributed by atoms with E-state index in [-0.39, 0.29) is 16.9 Å². The zero-order valence-electron chi connectivity index (χ0n) is 13.7. The Balaban J connectivity index is 3.22. The van der Waals surface area contributed by atoms with Gasteiger partial charge in [0, 0.05) is 19.6 Å². The van der Waals surface area contributed by atoms with E-state index in [1.165, 1.54) is 11.1 Å². The Morgan fingerprint density at radius 2 is 1.58 bits per heavy atom. The highest BCUT2D eigenvalue weighted by atomic mass is 16.2. The van der Waals surface area contributed by atoms with Crippen LogP contribution in [0, 0.1) is 10.8 Å². The molecule has 1 aliphatic heterocycles. The van der Waals surface area contributed by atoms with Crippen LogP contribution in [0.1, 0.15) is 54.9 Å². The Bertz CT molecular complexity index is 369. The Labute approximate surface area is 118 Å². The van der Waals surface area contributed by atoms with Crippen molar-refractivity contribution in [2.45, 2.75) is 54.9 Å². The second-order valence-corrected chi connectivity index (χ2v) is 7.54. The molecule has 3 nitrogen and oxygen atoms in total. The van der Waals surface area contributed by atoms with Gasteiger partial charge >= 0.3 is 6.03 Å². The molecule has 1 rings (SSSR count). The molecule has 1 N–H and O–H groups in total. The molecule has 0 saturated carbocycles. The lowest BCUT2D eigenvalue weighted by Gasteiger charge is -2.33. The molecule has 0 aromatic carbocycles. The van der Waals surface area contributed by atoms with E-state index >= 15 is 0 Å². The van der Waals surface area contributed by atoms with Crippen molar-refractivity contribution in [1.82, 2.24) is 10.2 Å². The fourth-order valence-corrected chi connectivity index (χ4v) is 2.60. The SMILES string of the molecule is CCCN1CC(C(C)(C)C)=C(C(C)(C)C)CNC1=O. The maximum Gasteiger partial charge on any atom is 0.317 e. The molecule has 0 aliphatic carbocycles. The highest BCUT2D eigenvalue weighted by Gasteiger charge is 2.32. The van der Waals surface area contributed by atoms with E-state index in [2.05, 4.69) is 53.8 Å². The lowest BCUT2D eigenvalue weighted by atomic mass is 9.75. The third-order valence-corrected chi connectivity index (χ3v) is 3.72. The van der Waals surface area contributed by atoms with E-state index in [0.717, 1.165) is 19.5 Å². The topological polar surface area (TPSA) is 32.3 Å². The van der Waals surface area contributed by atoms with E-state index in [0.29, 0.717) is 6.54 Å². The molecule has 0 atom stereocenters. The summed E-state index contributed by atoms with van der Waals surface area (Å²) >= 11 is 0. The molecule has 0 aromatic rings. The minimum atomic E-state index is 0.0721. The first-order valence-corrected chi connectivity index (χ1v) is 7.33. The predicted molar refractivity (Wildman–Crippen MR) is 81.2 cm³/mol. The Kier molecular flexibility index (Phi) is 4.70. The van der Waals surface area contributed by atoms with Crippen LogP contribution in [0.5, 0.6) is 0 Å². The van der Waals surface area contributed by atoms with Crippen molar-refractivity contribution in [1.29, 1.82) is 0 Å². The Hall–Kier alpha value is -0.990. The molecule has 0 saturated heterocycles. The smallest absolute Gasteiger partial charge is 0.317 e. The van der Waals surface area contributed by atoms with Gasteiger partial charge < -0.3 is 10.2 Å². The number of hydrogen-bond acceptors (Lipinski definition) is 1. The maximum absolute atomic E-state index is 12.1. The van der Waals surface area contributed by atoms with Gasteiger partial charge in [-0.2, -0.15) is 0 Å². The first-order chi connectivity index (χ1) is 8.57. The van der Waals surface area contributed by atoms with Crippen LogP contribution in [0.4, 0.5) is 4.79 Å². The molecule has 0 fully saturated rings. The minimum Gasteiger partial charge on any atom is -0.334 e. The fourth-order valence-electron chi connectivity index (χ4n) is 2.60. The molecule has 1 heterocycles. The van der Waals surface area contributed by atoms with Crippen LogP contribution in [0.15, 0.2) is 11.1 Å². The number of amides is 2. The van der Waals surface area contributed by atoms with E-state index in [1.807, 2.05) is 4.90 Å². The van der Waals surface area contributed by atoms with Crippen molar-refractivity contribution >= 4 is 6.03 Å². The first kappa shape index (κ1) is 16.1. The predicted octanol–water partition coefficient (Wildman–Crippen LogP) is 3.81. The summed E-state index contributed by atoms with van der Waals surface area (Å²) in [6, 6.07) is 0.0721. The first-order valence-electron chi connectivity index (χ1n) is 7.33. The molecule has 0 unspecified atom stereocenters. The largest absolute Gasteiger partial charge is 0.334 e. The van der Waals surface area contributed by atoms with Crippen molar-refractivity contribution in [3.63, 3.8) is 0 Å². The summed E-state index contributed by atoms with van der Waals surface area (Å²) in [5, 5.41) is 3.07. The molecular weight excluding hydrogens is 236 g/mol. The van der Waals surface area contributed by atoms with Crippen LogP contribution in [-0.2, 0) is 0 Å². The average Bonchev–Trinajstić information content (AvgIpc) is 2.38. The van der Waals surface area contributed by atoms with Crippen molar-refractivity contribution in [2.75, 3.05) is 19.6 Å². The van der Waals surface area contributed by atoms with Crippen LogP contribution in [0.2, 0.25) is 0 Å². The van der Waals surface area contributed by atoms with E-state index in [1.54, 1.807) is 0 Å². The summed E-state index contributed by atoms with van der Waals surface area (Å²) in [7, 11) is 0. The average molecular weight is 266 g/mol. The van der Waals surface area contributed by atoms with Crippen molar-refractivity contribution in [2.24, 2.45) is 10.8 Å². The summed E-state index contributed by atoms with van der Waals surface area (Å²) < 4.78 is 0. The molecular formula is C16H30N2O. The number of hydrogen-bond donors (Lipinski definition) is 1. The monoisotopic (exact) mass is 266 g/mol. The van der Waals surface area contributed by atoms with Gasteiger partial charge in [0.15, 0.2) is 0 Å². The number of nitrogens with zero attached hydrogens (tertiary/aromatic N) is 1. The number of rotatable bonds is 2. The summed E-state index contributed by atoms with van der Waals surface area (Å²) in [4.78, 5) is 14.1. The summed E-state index contributed by atoms with van der Waals surface area (Å²) in [5.74, 6) is 0. The lowest BCUT2D eigenvalue weighted by molar-refractivity contribution is 0.202. The van der Waals surface area contributed by atoms with Crippen LogP contribution in [0.25, 0.3) is 0 Å². The lowest BCUT2D eigenvalue weighted by Crippen LogP contribution is -2.40. The molecule has 3 heteroatoms. The summed E-state index contributed by atoms with van der Waals surface area (Å²) in [6.45, 7) is 17.8. The van der Waals surface area contributed by atoms with Crippen molar-refractivity contribution in [3.8, 4) is 0 Å².